The van der Waals surface area contributed by atoms with Crippen LogP contribution in [0.3, 0.4) is 0 Å². The van der Waals surface area contributed by atoms with Gasteiger partial charge in [0, 0.05) is 13.0 Å². The van der Waals surface area contributed by atoms with E-state index in [1.807, 2.05) is 27.7 Å². The van der Waals surface area contributed by atoms with Crippen LogP contribution >= 0.6 is 0 Å². The molecule has 9 heteroatoms. The molecular weight excluding hydrogens is 406 g/mol. The molecule has 0 unspecified atom stereocenters. The minimum Gasteiger partial charge on any atom is -0.289 e. The fourth-order valence-electron chi connectivity index (χ4n) is 3.98. The first-order valence-corrected chi connectivity index (χ1v) is 13.1. The van der Waals surface area contributed by atoms with Crippen molar-refractivity contribution < 1.29 is 23.2 Å². The summed E-state index contributed by atoms with van der Waals surface area (Å²) >= 11 is 0. The van der Waals surface area contributed by atoms with Gasteiger partial charge in [0.25, 0.3) is 5.91 Å². The van der Waals surface area contributed by atoms with Crippen LogP contribution in [0, 0.1) is 17.8 Å². The Bertz CT molecular complexity index is 645. The third-order valence-corrected chi connectivity index (χ3v) is 6.71. The summed E-state index contributed by atoms with van der Waals surface area (Å²) in [7, 11) is -3.80. The summed E-state index contributed by atoms with van der Waals surface area (Å²) in [6.45, 7) is 7.78. The molecule has 0 radical (unpaired) electrons. The highest BCUT2D eigenvalue weighted by atomic mass is 32.2. The molecule has 1 aliphatic carbocycles. The predicted octanol–water partition coefficient (Wildman–Crippen LogP) is 3.32. The van der Waals surface area contributed by atoms with E-state index in [4.69, 9.17) is 0 Å². The number of hydrogen-bond acceptors (Lipinski definition) is 5. The number of rotatable bonds is 12. The molecule has 1 aliphatic rings. The average Bonchev–Trinajstić information content (AvgIpc) is 2.67. The van der Waals surface area contributed by atoms with E-state index in [0.29, 0.717) is 25.2 Å². The van der Waals surface area contributed by atoms with Crippen LogP contribution < -0.4 is 5.48 Å². The first kappa shape index (κ1) is 26.8. The van der Waals surface area contributed by atoms with Gasteiger partial charge in [-0.05, 0) is 37.0 Å². The lowest BCUT2D eigenvalue weighted by molar-refractivity contribution is -0.157. The van der Waals surface area contributed by atoms with Crippen molar-refractivity contribution in [3.05, 3.63) is 0 Å². The van der Waals surface area contributed by atoms with Gasteiger partial charge in [-0.2, -0.15) is 0 Å². The minimum absolute atomic E-state index is 0.0451. The van der Waals surface area contributed by atoms with Crippen LogP contribution in [-0.2, 0) is 19.6 Å². The van der Waals surface area contributed by atoms with Crippen LogP contribution in [-0.4, -0.2) is 53.7 Å². The van der Waals surface area contributed by atoms with E-state index in [2.05, 4.69) is 0 Å². The molecule has 1 rings (SSSR count). The summed E-state index contributed by atoms with van der Waals surface area (Å²) in [5, 5.41) is 10.5. The van der Waals surface area contributed by atoms with Crippen LogP contribution in [0.1, 0.15) is 85.5 Å². The summed E-state index contributed by atoms with van der Waals surface area (Å²) in [5.41, 5.74) is 1.66. The van der Waals surface area contributed by atoms with E-state index < -0.39 is 27.9 Å². The Labute approximate surface area is 182 Å². The Morgan fingerprint density at radius 3 is 2.10 bits per heavy atom. The zero-order valence-corrected chi connectivity index (χ0v) is 20.1. The minimum atomic E-state index is -3.80. The Hall–Kier alpha value is -1.19. The lowest BCUT2D eigenvalue weighted by atomic mass is 9.85. The number of sulfonamides is 1. The molecule has 2 amide bonds. The fraction of sp³-hybridized carbons (Fsp3) is 0.905. The van der Waals surface area contributed by atoms with Gasteiger partial charge >= 0.3 is 0 Å². The Morgan fingerprint density at radius 1 is 1.03 bits per heavy atom. The number of carbonyl (C=O) groups excluding carboxylic acids is 2. The highest BCUT2D eigenvalue weighted by Gasteiger charge is 2.38. The average molecular weight is 448 g/mol. The first-order chi connectivity index (χ1) is 14.0. The third-order valence-electron chi connectivity index (χ3n) is 5.62. The summed E-state index contributed by atoms with van der Waals surface area (Å²) < 4.78 is 26.2. The van der Waals surface area contributed by atoms with E-state index in [1.165, 1.54) is 6.42 Å². The van der Waals surface area contributed by atoms with Crippen molar-refractivity contribution in [3.63, 3.8) is 0 Å². The van der Waals surface area contributed by atoms with E-state index in [0.717, 1.165) is 41.4 Å². The number of amides is 2. The van der Waals surface area contributed by atoms with Crippen LogP contribution in [0.25, 0.3) is 0 Å². The van der Waals surface area contributed by atoms with E-state index in [9.17, 15) is 23.2 Å². The summed E-state index contributed by atoms with van der Waals surface area (Å²) in [5.74, 6) is -0.485. The maximum Gasteiger partial charge on any atom is 0.267 e. The van der Waals surface area contributed by atoms with Gasteiger partial charge in [-0.1, -0.05) is 59.8 Å². The van der Waals surface area contributed by atoms with Gasteiger partial charge in [0.15, 0.2) is 0 Å². The smallest absolute Gasteiger partial charge is 0.267 e. The van der Waals surface area contributed by atoms with Crippen molar-refractivity contribution in [1.29, 1.82) is 0 Å². The normalized spacial score (nSPS) is 16.8. The highest BCUT2D eigenvalue weighted by molar-refractivity contribution is 7.88. The zero-order chi connectivity index (χ0) is 22.9. The molecule has 0 aromatic carbocycles. The topological polar surface area (TPSA) is 107 Å². The molecule has 2 N–H and O–H groups in total. The molecular formula is C21H41N3O5S. The van der Waals surface area contributed by atoms with Crippen LogP contribution in [0.2, 0.25) is 0 Å². The molecule has 1 saturated carbocycles. The highest BCUT2D eigenvalue weighted by Crippen LogP contribution is 2.29. The zero-order valence-electron chi connectivity index (χ0n) is 19.3. The Morgan fingerprint density at radius 2 is 1.63 bits per heavy atom. The summed E-state index contributed by atoms with van der Waals surface area (Å²) in [6.07, 6.45) is 8.49. The molecule has 1 atom stereocenters. The molecule has 0 aliphatic heterocycles. The summed E-state index contributed by atoms with van der Waals surface area (Å²) in [6, 6.07) is -1.06. The molecule has 1 fully saturated rings. The molecule has 30 heavy (non-hydrogen) atoms. The number of hydrogen-bond donors (Lipinski definition) is 2. The number of hydroxylamine groups is 1. The lowest BCUT2D eigenvalue weighted by Crippen LogP contribution is -2.59. The van der Waals surface area contributed by atoms with Gasteiger partial charge < -0.3 is 0 Å². The van der Waals surface area contributed by atoms with Gasteiger partial charge in [-0.15, -0.1) is 4.41 Å². The monoisotopic (exact) mass is 447 g/mol. The van der Waals surface area contributed by atoms with Crippen molar-refractivity contribution in [1.82, 2.24) is 14.9 Å². The molecule has 0 aromatic heterocycles. The second kappa shape index (κ2) is 12.6. The molecule has 8 nitrogen and oxygen atoms in total. The van der Waals surface area contributed by atoms with Gasteiger partial charge in [-0.3, -0.25) is 14.8 Å². The van der Waals surface area contributed by atoms with Crippen molar-refractivity contribution in [3.8, 4) is 0 Å². The van der Waals surface area contributed by atoms with Crippen molar-refractivity contribution >= 4 is 21.8 Å². The molecule has 176 valence electrons. The summed E-state index contributed by atoms with van der Waals surface area (Å²) in [4.78, 5) is 25.8. The number of nitrogens with one attached hydrogen (secondary N) is 1. The number of carbonyl (C=O) groups is 2. The second-order valence-corrected chi connectivity index (χ2v) is 11.3. The van der Waals surface area contributed by atoms with Crippen LogP contribution in [0.15, 0.2) is 0 Å². The van der Waals surface area contributed by atoms with Gasteiger partial charge in [0.2, 0.25) is 15.9 Å². The third kappa shape index (κ3) is 8.89. The maximum atomic E-state index is 13.2. The van der Waals surface area contributed by atoms with E-state index in [1.54, 1.807) is 5.48 Å². The maximum absolute atomic E-state index is 13.2. The van der Waals surface area contributed by atoms with Crippen molar-refractivity contribution in [2.24, 2.45) is 17.8 Å². The number of hydrazine groups is 1. The van der Waals surface area contributed by atoms with Crippen molar-refractivity contribution in [2.75, 3.05) is 12.8 Å². The standard InChI is InChI=1S/C21H41N3O5S/c1-16(2)11-14-20(25)24(23(15-17(3)4)30(5,28)29)19(21(26)22-27)13-12-18-9-7-6-8-10-18/h16-19,27H,6-15H2,1-5H3,(H,22,26)/t19-/m0/s1. The van der Waals surface area contributed by atoms with Crippen LogP contribution in [0.5, 0.6) is 0 Å². The van der Waals surface area contributed by atoms with Gasteiger partial charge in [-0.25, -0.2) is 18.9 Å². The molecule has 0 saturated heterocycles. The Kier molecular flexibility index (Phi) is 11.3. The fourth-order valence-corrected chi connectivity index (χ4v) is 5.08. The SMILES string of the molecule is CC(C)CCC(=O)N([C@@H](CCC1CCCCC1)C(=O)NO)N(CC(C)C)S(C)(=O)=O. The van der Waals surface area contributed by atoms with Gasteiger partial charge in [0.1, 0.15) is 6.04 Å². The lowest BCUT2D eigenvalue weighted by Gasteiger charge is -2.39. The largest absolute Gasteiger partial charge is 0.289 e. The quantitative estimate of drug-likeness (QED) is 0.352. The predicted molar refractivity (Wildman–Crippen MR) is 117 cm³/mol. The Balaban J connectivity index is 3.23. The van der Waals surface area contributed by atoms with Crippen LogP contribution in [0.4, 0.5) is 0 Å². The van der Waals surface area contributed by atoms with Crippen molar-refractivity contribution in [2.45, 2.75) is 91.5 Å². The molecule has 0 heterocycles. The number of nitrogens with zero attached hydrogens (tertiary/aromatic N) is 2. The molecule has 0 bridgehead atoms. The van der Waals surface area contributed by atoms with E-state index in [-0.39, 0.29) is 24.8 Å². The second-order valence-electron chi connectivity index (χ2n) is 9.41. The van der Waals surface area contributed by atoms with Gasteiger partial charge in [0.05, 0.1) is 6.26 Å². The van der Waals surface area contributed by atoms with E-state index >= 15 is 0 Å². The first-order valence-electron chi connectivity index (χ1n) is 11.2. The molecule has 0 spiro atoms. The molecule has 0 aromatic rings.